The molecule has 0 atom stereocenters. The lowest BCUT2D eigenvalue weighted by atomic mass is 10.3. The van der Waals surface area contributed by atoms with Crippen LogP contribution in [0, 0.1) is 0 Å². The zero-order valence-electron chi connectivity index (χ0n) is 9.92. The van der Waals surface area contributed by atoms with Gasteiger partial charge in [0.2, 0.25) is 0 Å². The normalized spacial score (nSPS) is 9.61. The van der Waals surface area contributed by atoms with Crippen molar-refractivity contribution in [2.75, 3.05) is 13.2 Å². The van der Waals surface area contributed by atoms with Gasteiger partial charge in [-0.05, 0) is 19.1 Å². The molecule has 6 heteroatoms. The molecule has 0 amide bonds. The Bertz CT molecular complexity index is 429. The highest BCUT2D eigenvalue weighted by atomic mass is 16.6. The molecule has 6 nitrogen and oxygen atoms in total. The number of hydrogen-bond donors (Lipinski definition) is 0. The van der Waals surface area contributed by atoms with Gasteiger partial charge >= 0.3 is 11.9 Å². The van der Waals surface area contributed by atoms with Crippen molar-refractivity contribution in [2.24, 2.45) is 0 Å². The summed E-state index contributed by atoms with van der Waals surface area (Å²) >= 11 is 0. The number of carbonyl (C=O) groups excluding carboxylic acids is 3. The van der Waals surface area contributed by atoms with Crippen LogP contribution in [-0.2, 0) is 19.1 Å². The molecule has 96 valence electrons. The fourth-order valence-electron chi connectivity index (χ4n) is 1.11. The first kappa shape index (κ1) is 13.8. The molecule has 1 rings (SSSR count). The number of carbonyl (C=O) groups is 3. The molecule has 0 radical (unpaired) electrons. The summed E-state index contributed by atoms with van der Waals surface area (Å²) in [7, 11) is 0. The summed E-state index contributed by atoms with van der Waals surface area (Å²) in [5, 5.41) is 0. The zero-order chi connectivity index (χ0) is 13.4. The van der Waals surface area contributed by atoms with Crippen molar-refractivity contribution >= 4 is 17.7 Å². The predicted molar refractivity (Wildman–Crippen MR) is 60.8 cm³/mol. The van der Waals surface area contributed by atoms with Crippen molar-refractivity contribution in [3.8, 4) is 0 Å². The zero-order valence-corrected chi connectivity index (χ0v) is 9.92. The van der Waals surface area contributed by atoms with Gasteiger partial charge in [0.25, 0.3) is 0 Å². The van der Waals surface area contributed by atoms with Crippen molar-refractivity contribution in [2.45, 2.75) is 13.3 Å². The van der Waals surface area contributed by atoms with E-state index in [1.54, 1.807) is 18.3 Å². The minimum atomic E-state index is -0.625. The molecule has 0 aliphatic heterocycles. The Morgan fingerprint density at radius 1 is 1.22 bits per heavy atom. The van der Waals surface area contributed by atoms with Crippen LogP contribution in [0.3, 0.4) is 0 Å². The minimum absolute atomic E-state index is 0.0582. The molecule has 0 aromatic carbocycles. The minimum Gasteiger partial charge on any atom is -0.462 e. The second-order valence-corrected chi connectivity index (χ2v) is 3.48. The average molecular weight is 251 g/mol. The van der Waals surface area contributed by atoms with E-state index in [4.69, 9.17) is 4.74 Å². The molecule has 0 aliphatic rings. The van der Waals surface area contributed by atoms with Crippen molar-refractivity contribution in [3.63, 3.8) is 0 Å². The molecule has 1 aromatic rings. The van der Waals surface area contributed by atoms with E-state index in [-0.39, 0.29) is 25.4 Å². The number of Topliss-reactive ketones (excluding diaryl/α,β-unsaturated/α-hetero) is 1. The van der Waals surface area contributed by atoms with Gasteiger partial charge in [-0.15, -0.1) is 0 Å². The largest absolute Gasteiger partial charge is 0.462 e. The van der Waals surface area contributed by atoms with Gasteiger partial charge in [-0.2, -0.15) is 0 Å². The number of nitrogens with zero attached hydrogens (tertiary/aromatic N) is 1. The van der Waals surface area contributed by atoms with Crippen LogP contribution in [0.2, 0.25) is 0 Å². The van der Waals surface area contributed by atoms with Crippen LogP contribution in [0.5, 0.6) is 0 Å². The number of ketones is 1. The van der Waals surface area contributed by atoms with Crippen LogP contribution in [0.15, 0.2) is 24.5 Å². The van der Waals surface area contributed by atoms with Gasteiger partial charge in [-0.25, -0.2) is 4.79 Å². The highest BCUT2D eigenvalue weighted by molar-refractivity contribution is 5.94. The molecule has 0 fully saturated rings. The maximum absolute atomic E-state index is 11.4. The summed E-state index contributed by atoms with van der Waals surface area (Å²) in [4.78, 5) is 36.7. The highest BCUT2D eigenvalue weighted by Gasteiger charge is 2.08. The predicted octanol–water partition coefficient (Wildman–Crippen LogP) is 0.761. The van der Waals surface area contributed by atoms with Gasteiger partial charge in [0.05, 0.1) is 5.56 Å². The van der Waals surface area contributed by atoms with E-state index in [1.807, 2.05) is 0 Å². The van der Waals surface area contributed by atoms with Crippen LogP contribution in [-0.4, -0.2) is 35.9 Å². The Balaban J connectivity index is 2.21. The van der Waals surface area contributed by atoms with Gasteiger partial charge in [0.15, 0.2) is 0 Å². The Kier molecular flexibility index (Phi) is 5.50. The Labute approximate surface area is 104 Å². The maximum Gasteiger partial charge on any atom is 0.339 e. The van der Waals surface area contributed by atoms with Crippen LogP contribution in [0.1, 0.15) is 23.7 Å². The van der Waals surface area contributed by atoms with Gasteiger partial charge in [0.1, 0.15) is 25.4 Å². The van der Waals surface area contributed by atoms with E-state index in [0.29, 0.717) is 5.56 Å². The smallest absolute Gasteiger partial charge is 0.339 e. The Morgan fingerprint density at radius 3 is 2.56 bits per heavy atom. The molecule has 0 saturated carbocycles. The van der Waals surface area contributed by atoms with E-state index in [0.717, 1.165) is 0 Å². The molecular formula is C12H13NO5. The van der Waals surface area contributed by atoms with Crippen LogP contribution in [0.25, 0.3) is 0 Å². The lowest BCUT2D eigenvalue weighted by Crippen LogP contribution is -2.15. The summed E-state index contributed by atoms with van der Waals surface area (Å²) in [6, 6.07) is 3.18. The van der Waals surface area contributed by atoms with E-state index >= 15 is 0 Å². The first-order chi connectivity index (χ1) is 8.59. The third-order valence-electron chi connectivity index (χ3n) is 1.87. The summed E-state index contributed by atoms with van der Waals surface area (Å²) < 4.78 is 9.53. The van der Waals surface area contributed by atoms with E-state index in [9.17, 15) is 14.4 Å². The molecule has 0 aliphatic carbocycles. The Hall–Kier alpha value is -2.24. The topological polar surface area (TPSA) is 82.6 Å². The third kappa shape index (κ3) is 5.20. The lowest BCUT2D eigenvalue weighted by molar-refractivity contribution is -0.146. The molecule has 0 bridgehead atoms. The lowest BCUT2D eigenvalue weighted by Gasteiger charge is -2.05. The molecule has 18 heavy (non-hydrogen) atoms. The van der Waals surface area contributed by atoms with Gasteiger partial charge < -0.3 is 9.47 Å². The fourth-order valence-corrected chi connectivity index (χ4v) is 1.11. The summed E-state index contributed by atoms with van der Waals surface area (Å²) in [6.07, 6.45) is 2.65. The number of aromatic nitrogens is 1. The van der Waals surface area contributed by atoms with Crippen LogP contribution < -0.4 is 0 Å². The molecule has 1 heterocycles. The van der Waals surface area contributed by atoms with Gasteiger partial charge in [-0.3, -0.25) is 14.6 Å². The van der Waals surface area contributed by atoms with Crippen LogP contribution >= 0.6 is 0 Å². The molecule has 0 saturated heterocycles. The second kappa shape index (κ2) is 7.16. The number of hydrogen-bond acceptors (Lipinski definition) is 6. The van der Waals surface area contributed by atoms with E-state index in [1.165, 1.54) is 13.1 Å². The van der Waals surface area contributed by atoms with Gasteiger partial charge in [-0.1, -0.05) is 0 Å². The fraction of sp³-hybridized carbons (Fsp3) is 0.333. The van der Waals surface area contributed by atoms with Gasteiger partial charge in [0, 0.05) is 12.4 Å². The third-order valence-corrected chi connectivity index (χ3v) is 1.87. The summed E-state index contributed by atoms with van der Waals surface area (Å²) in [5.41, 5.74) is 0.326. The molecule has 0 spiro atoms. The van der Waals surface area contributed by atoms with E-state index < -0.39 is 11.9 Å². The van der Waals surface area contributed by atoms with Crippen molar-refractivity contribution in [3.05, 3.63) is 30.1 Å². The quantitative estimate of drug-likeness (QED) is 0.421. The first-order valence-corrected chi connectivity index (χ1v) is 5.32. The Morgan fingerprint density at radius 2 is 1.94 bits per heavy atom. The second-order valence-electron chi connectivity index (χ2n) is 3.48. The molecule has 0 N–H and O–H groups in total. The van der Waals surface area contributed by atoms with Crippen molar-refractivity contribution < 1.29 is 23.9 Å². The number of pyridine rings is 1. The van der Waals surface area contributed by atoms with E-state index in [2.05, 4.69) is 9.72 Å². The standard InChI is InChI=1S/C12H13NO5/c1-9(14)7-11(15)17-5-6-18-12(16)10-3-2-4-13-8-10/h2-4,8H,5-7H2,1H3. The number of rotatable bonds is 6. The SMILES string of the molecule is CC(=O)CC(=O)OCCOC(=O)c1cccnc1. The maximum atomic E-state index is 11.4. The monoisotopic (exact) mass is 251 g/mol. The summed E-state index contributed by atoms with van der Waals surface area (Å²) in [5.74, 6) is -1.43. The average Bonchev–Trinajstić information content (AvgIpc) is 2.34. The highest BCUT2D eigenvalue weighted by Crippen LogP contribution is 1.98. The molecular weight excluding hydrogens is 238 g/mol. The van der Waals surface area contributed by atoms with Crippen LogP contribution in [0.4, 0.5) is 0 Å². The first-order valence-electron chi connectivity index (χ1n) is 5.32. The van der Waals surface area contributed by atoms with Crippen molar-refractivity contribution in [1.82, 2.24) is 4.98 Å². The molecule has 0 unspecified atom stereocenters. The number of esters is 2. The summed E-state index contributed by atoms with van der Waals surface area (Å²) in [6.45, 7) is 1.17. The van der Waals surface area contributed by atoms with Crippen molar-refractivity contribution in [1.29, 1.82) is 0 Å². The number of ether oxygens (including phenoxy) is 2. The molecule has 1 aromatic heterocycles.